The smallest absolute Gasteiger partial charge is 0.324 e. The van der Waals surface area contributed by atoms with Gasteiger partial charge in [-0.2, -0.15) is 0 Å². The van der Waals surface area contributed by atoms with Crippen molar-refractivity contribution in [1.82, 2.24) is 0 Å². The molecule has 3 rings (SSSR count). The number of carbonyl (C=O) groups excluding carboxylic acids is 1. The lowest BCUT2D eigenvalue weighted by Crippen LogP contribution is -2.36. The molecule has 0 radical (unpaired) electrons. The monoisotopic (exact) mass is 452 g/mol. The maximum atomic E-state index is 13.3. The minimum atomic E-state index is -4.35. The van der Waals surface area contributed by atoms with E-state index in [1.165, 1.54) is 42.5 Å². The van der Waals surface area contributed by atoms with Crippen LogP contribution in [0.15, 0.2) is 59.5 Å². The zero-order chi connectivity index (χ0) is 21.3. The minimum Gasteiger partial charge on any atom is -0.480 e. The number of carboxylic acid groups (broad SMARTS) is 1. The van der Waals surface area contributed by atoms with Gasteiger partial charge in [0.15, 0.2) is 0 Å². The van der Waals surface area contributed by atoms with Crippen molar-refractivity contribution in [2.75, 3.05) is 10.8 Å². The van der Waals surface area contributed by atoms with E-state index < -0.39 is 28.4 Å². The molecule has 0 unspecified atom stereocenters. The Labute approximate surface area is 176 Å². The molecule has 3 N–H and O–H groups in total. The number of fused-ring (bicyclic) bond motifs is 1. The van der Waals surface area contributed by atoms with Gasteiger partial charge in [-0.15, -0.1) is 0 Å². The summed E-state index contributed by atoms with van der Waals surface area (Å²) in [4.78, 5) is 22.9. The van der Waals surface area contributed by atoms with Crippen LogP contribution in [-0.4, -0.2) is 31.9 Å². The van der Waals surface area contributed by atoms with Crippen LogP contribution in [0.2, 0.25) is 10.0 Å². The maximum Gasteiger partial charge on any atom is 0.324 e. The van der Waals surface area contributed by atoms with Crippen LogP contribution < -0.4 is 10.0 Å². The van der Waals surface area contributed by atoms with Crippen molar-refractivity contribution in [3.8, 4) is 0 Å². The maximum absolute atomic E-state index is 13.3. The van der Waals surface area contributed by atoms with Gasteiger partial charge in [0, 0.05) is 21.0 Å². The van der Waals surface area contributed by atoms with E-state index in [0.29, 0.717) is 10.8 Å². The molecule has 3 aromatic rings. The first kappa shape index (κ1) is 20.9. The predicted molar refractivity (Wildman–Crippen MR) is 111 cm³/mol. The molecule has 0 spiro atoms. The van der Waals surface area contributed by atoms with E-state index in [-0.39, 0.29) is 26.2 Å². The number of halogens is 2. The van der Waals surface area contributed by atoms with Gasteiger partial charge in [0.2, 0.25) is 5.91 Å². The van der Waals surface area contributed by atoms with E-state index in [0.717, 1.165) is 4.31 Å². The van der Waals surface area contributed by atoms with Gasteiger partial charge < -0.3 is 10.8 Å². The van der Waals surface area contributed by atoms with E-state index in [9.17, 15) is 23.1 Å². The van der Waals surface area contributed by atoms with Crippen LogP contribution >= 0.6 is 23.2 Å². The fraction of sp³-hybridized carbons (Fsp3) is 0.0526. The third kappa shape index (κ3) is 4.14. The molecular formula is C19H14Cl2N2O5S. The Bertz CT molecular complexity index is 1220. The number of amides is 1. The van der Waals surface area contributed by atoms with Crippen LogP contribution in [0.25, 0.3) is 10.8 Å². The highest BCUT2D eigenvalue weighted by Gasteiger charge is 2.29. The Hall–Kier alpha value is -2.81. The summed E-state index contributed by atoms with van der Waals surface area (Å²) in [6.07, 6.45) is 0. The van der Waals surface area contributed by atoms with Crippen molar-refractivity contribution in [3.63, 3.8) is 0 Å². The molecule has 10 heteroatoms. The van der Waals surface area contributed by atoms with Crippen LogP contribution in [0.4, 0.5) is 5.69 Å². The number of benzene rings is 3. The van der Waals surface area contributed by atoms with Gasteiger partial charge in [0.05, 0.1) is 10.6 Å². The summed E-state index contributed by atoms with van der Waals surface area (Å²) in [5.74, 6) is -2.06. The number of carbonyl (C=O) groups is 2. The predicted octanol–water partition coefficient (Wildman–Crippen LogP) is 3.53. The molecule has 29 heavy (non-hydrogen) atoms. The average Bonchev–Trinajstić information content (AvgIpc) is 2.64. The molecule has 0 aliphatic heterocycles. The number of nitrogens with two attached hydrogens (primary N) is 1. The fourth-order valence-electron chi connectivity index (χ4n) is 2.95. The Kier molecular flexibility index (Phi) is 5.70. The van der Waals surface area contributed by atoms with Crippen LogP contribution in [0.3, 0.4) is 0 Å². The quantitative estimate of drug-likeness (QED) is 0.592. The van der Waals surface area contributed by atoms with Gasteiger partial charge >= 0.3 is 5.97 Å². The number of carboxylic acids is 1. The Balaban J connectivity index is 2.29. The van der Waals surface area contributed by atoms with Crippen molar-refractivity contribution in [1.29, 1.82) is 0 Å². The lowest BCUT2D eigenvalue weighted by atomic mass is 10.0. The number of nitrogens with zero attached hydrogens (tertiary/aromatic N) is 1. The van der Waals surface area contributed by atoms with E-state index in [4.69, 9.17) is 28.9 Å². The Morgan fingerprint density at radius 2 is 1.55 bits per heavy atom. The summed E-state index contributed by atoms with van der Waals surface area (Å²) >= 11 is 11.9. The van der Waals surface area contributed by atoms with Crippen molar-refractivity contribution in [2.24, 2.45) is 5.73 Å². The summed E-state index contributed by atoms with van der Waals surface area (Å²) in [5, 5.41) is 10.3. The van der Waals surface area contributed by atoms with Crippen LogP contribution in [0.1, 0.15) is 10.4 Å². The first-order valence-electron chi connectivity index (χ1n) is 8.13. The van der Waals surface area contributed by atoms with E-state index in [1.54, 1.807) is 12.1 Å². The molecule has 0 fully saturated rings. The second-order valence-electron chi connectivity index (χ2n) is 6.05. The zero-order valence-corrected chi connectivity index (χ0v) is 17.0. The summed E-state index contributed by atoms with van der Waals surface area (Å²) in [6.45, 7) is -0.855. The molecule has 0 atom stereocenters. The minimum absolute atomic E-state index is 0.0732. The highest BCUT2D eigenvalue weighted by molar-refractivity contribution is 7.92. The molecule has 1 amide bonds. The largest absolute Gasteiger partial charge is 0.480 e. The van der Waals surface area contributed by atoms with Crippen LogP contribution in [0.5, 0.6) is 0 Å². The number of primary amides is 1. The van der Waals surface area contributed by atoms with Gasteiger partial charge in [-0.3, -0.25) is 13.9 Å². The van der Waals surface area contributed by atoms with Gasteiger partial charge in [-0.1, -0.05) is 47.5 Å². The van der Waals surface area contributed by atoms with Gasteiger partial charge in [-0.05, 0) is 35.7 Å². The lowest BCUT2D eigenvalue weighted by molar-refractivity contribution is -0.135. The number of aliphatic carboxylic acids is 1. The van der Waals surface area contributed by atoms with Gasteiger partial charge in [0.25, 0.3) is 10.0 Å². The van der Waals surface area contributed by atoms with E-state index in [1.807, 2.05) is 0 Å². The van der Waals surface area contributed by atoms with Crippen molar-refractivity contribution in [3.05, 3.63) is 70.2 Å². The zero-order valence-electron chi connectivity index (χ0n) is 14.7. The average molecular weight is 453 g/mol. The van der Waals surface area contributed by atoms with Gasteiger partial charge in [-0.25, -0.2) is 8.42 Å². The molecule has 0 bridgehead atoms. The number of rotatable bonds is 6. The second kappa shape index (κ2) is 7.90. The van der Waals surface area contributed by atoms with Crippen LogP contribution in [-0.2, 0) is 14.8 Å². The van der Waals surface area contributed by atoms with Crippen molar-refractivity contribution in [2.45, 2.75) is 4.90 Å². The molecule has 0 aliphatic rings. The molecule has 0 heterocycles. The molecule has 0 saturated carbocycles. The number of sulfonamides is 1. The molecule has 3 aromatic carbocycles. The Morgan fingerprint density at radius 1 is 0.966 bits per heavy atom. The topological polar surface area (TPSA) is 118 Å². The lowest BCUT2D eigenvalue weighted by Gasteiger charge is -2.24. The summed E-state index contributed by atoms with van der Waals surface area (Å²) in [5.41, 5.74) is 5.66. The molecule has 0 saturated heterocycles. The van der Waals surface area contributed by atoms with Crippen molar-refractivity contribution >= 4 is 61.6 Å². The summed E-state index contributed by atoms with van der Waals surface area (Å²) in [6, 6.07) is 12.9. The molecule has 7 nitrogen and oxygen atoms in total. The third-order valence-electron chi connectivity index (χ3n) is 4.14. The summed E-state index contributed by atoms with van der Waals surface area (Å²) < 4.78 is 27.3. The highest BCUT2D eigenvalue weighted by atomic mass is 35.5. The van der Waals surface area contributed by atoms with E-state index >= 15 is 0 Å². The fourth-order valence-corrected chi connectivity index (χ4v) is 5.11. The molecule has 0 aromatic heterocycles. The third-order valence-corrected chi connectivity index (χ3v) is 6.31. The Morgan fingerprint density at radius 3 is 2.14 bits per heavy atom. The highest BCUT2D eigenvalue weighted by Crippen LogP contribution is 2.33. The number of hydrogen-bond acceptors (Lipinski definition) is 4. The van der Waals surface area contributed by atoms with Crippen molar-refractivity contribution < 1.29 is 23.1 Å². The number of hydrogen-bond donors (Lipinski definition) is 2. The standard InChI is InChI=1S/C19H14Cl2N2O5S/c20-11-7-12(21)9-13(8-11)29(27,28)23(10-18(24)25)17-6-2-3-14-15(17)4-1-5-16(14)19(22)26/h1-9H,10H2,(H2,22,26)(H,24,25). The second-order valence-corrected chi connectivity index (χ2v) is 8.79. The SMILES string of the molecule is NC(=O)c1cccc2c(N(CC(=O)O)S(=O)(=O)c3cc(Cl)cc(Cl)c3)cccc12. The molecule has 150 valence electrons. The normalized spacial score (nSPS) is 11.4. The molecular weight excluding hydrogens is 439 g/mol. The first-order chi connectivity index (χ1) is 13.6. The molecule has 0 aliphatic carbocycles. The van der Waals surface area contributed by atoms with Crippen LogP contribution in [0, 0.1) is 0 Å². The van der Waals surface area contributed by atoms with E-state index in [2.05, 4.69) is 0 Å². The van der Waals surface area contributed by atoms with Gasteiger partial charge in [0.1, 0.15) is 6.54 Å². The first-order valence-corrected chi connectivity index (χ1v) is 10.3. The summed E-state index contributed by atoms with van der Waals surface area (Å²) in [7, 11) is -4.35. The number of anilines is 1.